The second-order valence-corrected chi connectivity index (χ2v) is 5.61. The number of nitriles is 1. The third-order valence-corrected chi connectivity index (χ3v) is 4.04. The predicted octanol–water partition coefficient (Wildman–Crippen LogP) is 3.23. The van der Waals surface area contributed by atoms with Crippen molar-refractivity contribution in [2.45, 2.75) is 24.8 Å². The molecule has 3 heteroatoms. The number of nitrogens with zero attached hydrogens (tertiary/aromatic N) is 3. The van der Waals surface area contributed by atoms with E-state index in [4.69, 9.17) is 0 Å². The lowest BCUT2D eigenvalue weighted by molar-refractivity contribution is 0.273. The maximum atomic E-state index is 10.0. The fourth-order valence-corrected chi connectivity index (χ4v) is 2.50. The van der Waals surface area contributed by atoms with E-state index < -0.39 is 5.41 Å². The van der Waals surface area contributed by atoms with Gasteiger partial charge in [0, 0.05) is 12.2 Å². The Morgan fingerprint density at radius 1 is 1.14 bits per heavy atom. The van der Waals surface area contributed by atoms with Crippen LogP contribution >= 0.6 is 0 Å². The molecule has 2 atom stereocenters. The van der Waals surface area contributed by atoms with Crippen LogP contribution in [0, 0.1) is 11.3 Å². The normalized spacial score (nSPS) is 15.2. The topological polar surface area (TPSA) is 39.9 Å². The van der Waals surface area contributed by atoms with E-state index in [-0.39, 0.29) is 6.04 Å². The standard InChI is InChI=1S/C18H21N3/c1-15(21(2)3)13-18(14-19,16-9-5-4-6-10-16)17-11-7-8-12-20-17/h4-12,15H,13H2,1-3H3/t15-,18+/m1/s1. The highest BCUT2D eigenvalue weighted by atomic mass is 15.1. The van der Waals surface area contributed by atoms with Crippen LogP contribution in [0.15, 0.2) is 54.7 Å². The lowest BCUT2D eigenvalue weighted by Crippen LogP contribution is -2.36. The van der Waals surface area contributed by atoms with Crippen LogP contribution in [0.3, 0.4) is 0 Å². The summed E-state index contributed by atoms with van der Waals surface area (Å²) in [6, 6.07) is 18.5. The number of hydrogen-bond acceptors (Lipinski definition) is 3. The van der Waals surface area contributed by atoms with E-state index in [0.29, 0.717) is 6.42 Å². The molecule has 0 bridgehead atoms. The number of hydrogen-bond donors (Lipinski definition) is 0. The highest BCUT2D eigenvalue weighted by Crippen LogP contribution is 2.35. The minimum atomic E-state index is -0.716. The van der Waals surface area contributed by atoms with Crippen molar-refractivity contribution < 1.29 is 0 Å². The van der Waals surface area contributed by atoms with Crippen molar-refractivity contribution in [3.05, 3.63) is 66.0 Å². The number of pyridine rings is 1. The first kappa shape index (κ1) is 15.2. The second kappa shape index (κ2) is 6.51. The molecule has 0 aliphatic rings. The lowest BCUT2D eigenvalue weighted by atomic mass is 9.74. The van der Waals surface area contributed by atoms with Crippen LogP contribution < -0.4 is 0 Å². The smallest absolute Gasteiger partial charge is 0.126 e. The number of benzene rings is 1. The van der Waals surface area contributed by atoms with Gasteiger partial charge in [-0.3, -0.25) is 4.98 Å². The minimum absolute atomic E-state index is 0.270. The molecule has 2 rings (SSSR count). The fourth-order valence-electron chi connectivity index (χ4n) is 2.50. The SMILES string of the molecule is C[C@H](C[C@](C#N)(c1ccccc1)c1ccccn1)N(C)C. The molecule has 0 unspecified atom stereocenters. The predicted molar refractivity (Wildman–Crippen MR) is 84.8 cm³/mol. The first-order valence-electron chi connectivity index (χ1n) is 7.15. The largest absolute Gasteiger partial charge is 0.307 e. The minimum Gasteiger partial charge on any atom is -0.307 e. The Labute approximate surface area is 126 Å². The van der Waals surface area contributed by atoms with E-state index in [9.17, 15) is 5.26 Å². The molecule has 0 saturated heterocycles. The summed E-state index contributed by atoms with van der Waals surface area (Å²) in [5.41, 5.74) is 1.10. The Hall–Kier alpha value is -2.18. The molecular weight excluding hydrogens is 258 g/mol. The van der Waals surface area contributed by atoms with Crippen molar-refractivity contribution in [2.24, 2.45) is 0 Å². The van der Waals surface area contributed by atoms with Gasteiger partial charge < -0.3 is 4.90 Å². The molecule has 0 aliphatic carbocycles. The van der Waals surface area contributed by atoms with E-state index in [0.717, 1.165) is 11.3 Å². The van der Waals surface area contributed by atoms with Crippen molar-refractivity contribution in [1.82, 2.24) is 9.88 Å². The van der Waals surface area contributed by atoms with Gasteiger partial charge in [-0.1, -0.05) is 36.4 Å². The quantitative estimate of drug-likeness (QED) is 0.843. The lowest BCUT2D eigenvalue weighted by Gasteiger charge is -2.32. The number of aromatic nitrogens is 1. The maximum Gasteiger partial charge on any atom is 0.126 e. The van der Waals surface area contributed by atoms with Crippen molar-refractivity contribution >= 4 is 0 Å². The molecule has 0 spiro atoms. The van der Waals surface area contributed by atoms with Crippen LogP contribution in [-0.2, 0) is 5.41 Å². The van der Waals surface area contributed by atoms with E-state index in [1.54, 1.807) is 6.20 Å². The Balaban J connectivity index is 2.55. The van der Waals surface area contributed by atoms with E-state index in [2.05, 4.69) is 22.9 Å². The summed E-state index contributed by atoms with van der Waals surface area (Å²) in [6.45, 7) is 2.14. The Morgan fingerprint density at radius 2 is 1.81 bits per heavy atom. The molecule has 108 valence electrons. The van der Waals surface area contributed by atoms with E-state index >= 15 is 0 Å². The second-order valence-electron chi connectivity index (χ2n) is 5.61. The van der Waals surface area contributed by atoms with Gasteiger partial charge in [0.2, 0.25) is 0 Å². The Bertz CT molecular complexity index is 560. The van der Waals surface area contributed by atoms with Crippen LogP contribution in [0.25, 0.3) is 0 Å². The van der Waals surface area contributed by atoms with Crippen LogP contribution in [0.1, 0.15) is 24.6 Å². The van der Waals surface area contributed by atoms with Gasteiger partial charge in [-0.15, -0.1) is 0 Å². The fraction of sp³-hybridized carbons (Fsp3) is 0.333. The molecule has 2 aromatic rings. The first-order chi connectivity index (χ1) is 10.1. The molecule has 0 saturated carbocycles. The molecular formula is C18H21N3. The Kier molecular flexibility index (Phi) is 4.72. The summed E-state index contributed by atoms with van der Waals surface area (Å²) in [6.07, 6.45) is 2.46. The molecule has 0 fully saturated rings. The van der Waals surface area contributed by atoms with Crippen LogP contribution in [0.4, 0.5) is 0 Å². The van der Waals surface area contributed by atoms with Gasteiger partial charge >= 0.3 is 0 Å². The van der Waals surface area contributed by atoms with Gasteiger partial charge in [0.15, 0.2) is 0 Å². The third-order valence-electron chi connectivity index (χ3n) is 4.04. The van der Waals surface area contributed by atoms with Crippen molar-refractivity contribution in [3.8, 4) is 6.07 Å². The number of rotatable bonds is 5. The summed E-state index contributed by atoms with van der Waals surface area (Å²) in [5, 5.41) is 10.0. The molecule has 1 aromatic heterocycles. The van der Waals surface area contributed by atoms with Crippen LogP contribution in [0.5, 0.6) is 0 Å². The van der Waals surface area contributed by atoms with Crippen molar-refractivity contribution in [2.75, 3.05) is 14.1 Å². The average molecular weight is 279 g/mol. The van der Waals surface area contributed by atoms with Gasteiger partial charge in [-0.25, -0.2) is 0 Å². The first-order valence-corrected chi connectivity index (χ1v) is 7.15. The summed E-state index contributed by atoms with van der Waals surface area (Å²) >= 11 is 0. The van der Waals surface area contributed by atoms with E-state index in [1.165, 1.54) is 0 Å². The molecule has 21 heavy (non-hydrogen) atoms. The molecule has 0 aliphatic heterocycles. The summed E-state index contributed by atoms with van der Waals surface area (Å²) < 4.78 is 0. The monoisotopic (exact) mass is 279 g/mol. The van der Waals surface area contributed by atoms with E-state index in [1.807, 2.05) is 62.6 Å². The average Bonchev–Trinajstić information content (AvgIpc) is 2.54. The zero-order valence-corrected chi connectivity index (χ0v) is 12.8. The zero-order chi connectivity index (χ0) is 15.3. The molecule has 0 amide bonds. The van der Waals surface area contributed by atoms with Crippen LogP contribution in [-0.4, -0.2) is 30.0 Å². The highest BCUT2D eigenvalue weighted by molar-refractivity contribution is 5.43. The molecule has 0 radical (unpaired) electrons. The molecule has 1 aromatic carbocycles. The van der Waals surface area contributed by atoms with Crippen molar-refractivity contribution in [1.29, 1.82) is 5.26 Å². The van der Waals surface area contributed by atoms with Gasteiger partial charge in [0.05, 0.1) is 11.8 Å². The summed E-state index contributed by atoms with van der Waals surface area (Å²) in [7, 11) is 4.08. The molecule has 0 N–H and O–H groups in total. The van der Waals surface area contributed by atoms with Gasteiger partial charge in [0.1, 0.15) is 5.41 Å². The Morgan fingerprint density at radius 3 is 2.33 bits per heavy atom. The molecule has 3 nitrogen and oxygen atoms in total. The van der Waals surface area contributed by atoms with Gasteiger partial charge in [-0.05, 0) is 45.1 Å². The van der Waals surface area contributed by atoms with Crippen LogP contribution in [0.2, 0.25) is 0 Å². The van der Waals surface area contributed by atoms with Gasteiger partial charge in [-0.2, -0.15) is 5.26 Å². The highest BCUT2D eigenvalue weighted by Gasteiger charge is 2.37. The summed E-state index contributed by atoms with van der Waals surface area (Å²) in [4.78, 5) is 6.61. The third kappa shape index (κ3) is 3.12. The van der Waals surface area contributed by atoms with Crippen molar-refractivity contribution in [3.63, 3.8) is 0 Å². The van der Waals surface area contributed by atoms with Gasteiger partial charge in [0.25, 0.3) is 0 Å². The zero-order valence-electron chi connectivity index (χ0n) is 12.8. The summed E-state index contributed by atoms with van der Waals surface area (Å²) in [5.74, 6) is 0. The maximum absolute atomic E-state index is 10.0. The molecule has 1 heterocycles.